The van der Waals surface area contributed by atoms with Crippen molar-refractivity contribution in [2.75, 3.05) is 49.2 Å². The molecular weight excluding hydrogens is 590 g/mol. The monoisotopic (exact) mass is 616 g/mol. The molecule has 41 heavy (non-hydrogen) atoms. The van der Waals surface area contributed by atoms with Crippen molar-refractivity contribution < 1.29 is 55.6 Å². The molecule has 0 radical (unpaired) electrons. The number of hydrogen-bond donors (Lipinski definition) is 0. The van der Waals surface area contributed by atoms with E-state index in [0.717, 1.165) is 12.1 Å². The van der Waals surface area contributed by atoms with E-state index in [-0.39, 0.29) is 62.2 Å². The third-order valence-corrected chi connectivity index (χ3v) is 6.26. The van der Waals surface area contributed by atoms with Crippen LogP contribution >= 0.6 is 0 Å². The number of nitrogens with zero attached hydrogens (tertiary/aromatic N) is 2. The van der Waals surface area contributed by atoms with E-state index in [0.29, 0.717) is 25.9 Å². The van der Waals surface area contributed by atoms with Crippen LogP contribution in [0.15, 0.2) is 48.5 Å². The summed E-state index contributed by atoms with van der Waals surface area (Å²) in [6, 6.07) is 10.6. The summed E-state index contributed by atoms with van der Waals surface area (Å²) in [5, 5.41) is 20.6. The van der Waals surface area contributed by atoms with Crippen LogP contribution in [-0.4, -0.2) is 101 Å². The molecule has 8 nitrogen and oxygen atoms in total. The van der Waals surface area contributed by atoms with Gasteiger partial charge in [-0.05, 0) is 37.1 Å². The number of carboxylic acids is 2. The zero-order chi connectivity index (χ0) is 29.5. The maximum absolute atomic E-state index is 12.9. The maximum Gasteiger partial charge on any atom is 2.00 e. The van der Waals surface area contributed by atoms with Crippen LogP contribution in [0.5, 0.6) is 0 Å². The summed E-state index contributed by atoms with van der Waals surface area (Å²) in [5.74, 6) is -2.67. The number of hydrogen-bond acceptors (Lipinski definition) is 8. The number of anilines is 2. The molecule has 2 aliphatic rings. The van der Waals surface area contributed by atoms with Crippen LogP contribution in [0, 0.1) is 0 Å². The molecule has 0 aromatic heterocycles. The van der Waals surface area contributed by atoms with Crippen LogP contribution in [0.3, 0.4) is 0 Å². The van der Waals surface area contributed by atoms with Gasteiger partial charge in [0.1, 0.15) is 0 Å². The average Bonchev–Trinajstić information content (AvgIpc) is 3.56. The molecule has 2 aromatic rings. The van der Waals surface area contributed by atoms with E-state index < -0.39 is 60.8 Å². The standard InChI is InChI=1S/2C13H14F3NO3.Ca/c2*14-13(15,16)10-3-1-2-4-11(10)17-6-5-9(7-17)20-8-12(18)19;/h2*1-4,9H,5-8H2,(H,18,19);/q;;+2/p-2. The third kappa shape index (κ3) is 10.5. The molecule has 2 saturated heterocycles. The summed E-state index contributed by atoms with van der Waals surface area (Å²) >= 11 is 0. The molecule has 0 spiro atoms. The predicted molar refractivity (Wildman–Crippen MR) is 132 cm³/mol. The van der Waals surface area contributed by atoms with Gasteiger partial charge in [0.2, 0.25) is 0 Å². The first-order valence-electron chi connectivity index (χ1n) is 12.2. The Morgan fingerprint density at radius 3 is 1.37 bits per heavy atom. The first kappa shape index (κ1) is 34.9. The van der Waals surface area contributed by atoms with E-state index in [1.165, 1.54) is 24.3 Å². The van der Waals surface area contributed by atoms with Crippen molar-refractivity contribution in [1.82, 2.24) is 0 Å². The van der Waals surface area contributed by atoms with Crippen molar-refractivity contribution in [3.8, 4) is 0 Å². The van der Waals surface area contributed by atoms with Crippen LogP contribution in [0.4, 0.5) is 37.7 Å². The predicted octanol–water partition coefficient (Wildman–Crippen LogP) is 1.72. The summed E-state index contributed by atoms with van der Waals surface area (Å²) < 4.78 is 87.6. The SMILES string of the molecule is O=C([O-])COC1CCN(c2ccccc2C(F)(F)F)C1.O=C([O-])COC1CCN(c2ccccc2C(F)(F)F)C1.[Ca+2]. The Labute approximate surface area is 261 Å². The smallest absolute Gasteiger partial charge is 0.548 e. The van der Waals surface area contributed by atoms with Gasteiger partial charge in [-0.2, -0.15) is 26.3 Å². The van der Waals surface area contributed by atoms with Crippen LogP contribution in [0.2, 0.25) is 0 Å². The van der Waals surface area contributed by atoms with Gasteiger partial charge in [-0.3, -0.25) is 0 Å². The van der Waals surface area contributed by atoms with Gasteiger partial charge in [-0.25, -0.2) is 0 Å². The molecule has 15 heteroatoms. The minimum absolute atomic E-state index is 0. The van der Waals surface area contributed by atoms with Gasteiger partial charge in [-0.1, -0.05) is 24.3 Å². The second-order valence-corrected chi connectivity index (χ2v) is 9.11. The molecule has 0 N–H and O–H groups in total. The van der Waals surface area contributed by atoms with Crippen molar-refractivity contribution in [3.05, 3.63) is 59.7 Å². The van der Waals surface area contributed by atoms with E-state index in [4.69, 9.17) is 9.47 Å². The number of ether oxygens (including phenoxy) is 2. The topological polar surface area (TPSA) is 105 Å². The number of alkyl halides is 6. The van der Waals surface area contributed by atoms with Crippen LogP contribution in [0.1, 0.15) is 24.0 Å². The molecular formula is C26H26CaF6N2O6. The Morgan fingerprint density at radius 2 is 1.05 bits per heavy atom. The molecule has 2 aliphatic heterocycles. The molecule has 2 atom stereocenters. The number of carbonyl (C=O) groups is 2. The molecule has 2 fully saturated rings. The van der Waals surface area contributed by atoms with Gasteiger partial charge in [0, 0.05) is 37.6 Å². The largest absolute Gasteiger partial charge is 2.00 e. The summed E-state index contributed by atoms with van der Waals surface area (Å²) in [6.45, 7) is 0.176. The first-order valence-corrected chi connectivity index (χ1v) is 12.2. The van der Waals surface area contributed by atoms with Gasteiger partial charge < -0.3 is 39.1 Å². The Balaban J connectivity index is 0.000000280. The summed E-state index contributed by atoms with van der Waals surface area (Å²) in [4.78, 5) is 23.7. The number of halogens is 6. The zero-order valence-corrected chi connectivity index (χ0v) is 24.0. The van der Waals surface area contributed by atoms with E-state index in [9.17, 15) is 46.1 Å². The Morgan fingerprint density at radius 1 is 0.707 bits per heavy atom. The number of carbonyl (C=O) groups excluding carboxylic acids is 2. The molecule has 0 amide bonds. The number of benzene rings is 2. The second-order valence-electron chi connectivity index (χ2n) is 9.11. The van der Waals surface area contributed by atoms with Gasteiger partial charge in [0.05, 0.1) is 48.5 Å². The molecule has 4 rings (SSSR count). The van der Waals surface area contributed by atoms with E-state index >= 15 is 0 Å². The number of para-hydroxylation sites is 2. The normalized spacial score (nSPS) is 18.9. The fourth-order valence-electron chi connectivity index (χ4n) is 4.52. The van der Waals surface area contributed by atoms with Gasteiger partial charge >= 0.3 is 50.1 Å². The quantitative estimate of drug-likeness (QED) is 0.326. The fraction of sp³-hybridized carbons (Fsp3) is 0.462. The molecule has 2 unspecified atom stereocenters. The fourth-order valence-corrected chi connectivity index (χ4v) is 4.52. The van der Waals surface area contributed by atoms with Gasteiger partial charge in [0.15, 0.2) is 0 Å². The molecule has 0 aliphatic carbocycles. The van der Waals surface area contributed by atoms with Crippen LogP contribution in [-0.2, 0) is 31.4 Å². The summed E-state index contributed by atoms with van der Waals surface area (Å²) in [5.41, 5.74) is -1.19. The van der Waals surface area contributed by atoms with Crippen molar-refractivity contribution >= 4 is 61.1 Å². The number of aliphatic carboxylic acids is 2. The van der Waals surface area contributed by atoms with Gasteiger partial charge in [0.25, 0.3) is 0 Å². The first-order chi connectivity index (χ1) is 18.8. The number of carboxylic acid groups (broad SMARTS) is 2. The average molecular weight is 617 g/mol. The summed E-state index contributed by atoms with van der Waals surface area (Å²) in [6.07, 6.45) is -8.65. The summed E-state index contributed by atoms with van der Waals surface area (Å²) in [7, 11) is 0. The minimum atomic E-state index is -4.42. The Hall–Kier alpha value is -2.26. The van der Waals surface area contributed by atoms with Crippen molar-refractivity contribution in [3.63, 3.8) is 0 Å². The van der Waals surface area contributed by atoms with Crippen LogP contribution < -0.4 is 20.0 Å². The van der Waals surface area contributed by atoms with Crippen molar-refractivity contribution in [1.29, 1.82) is 0 Å². The van der Waals surface area contributed by atoms with Crippen molar-refractivity contribution in [2.24, 2.45) is 0 Å². The molecule has 0 bridgehead atoms. The second kappa shape index (κ2) is 15.3. The zero-order valence-electron chi connectivity index (χ0n) is 21.7. The third-order valence-electron chi connectivity index (χ3n) is 6.26. The Kier molecular flexibility index (Phi) is 13.0. The van der Waals surface area contributed by atoms with E-state index in [1.54, 1.807) is 21.9 Å². The van der Waals surface area contributed by atoms with Crippen LogP contribution in [0.25, 0.3) is 0 Å². The van der Waals surface area contributed by atoms with E-state index in [2.05, 4.69) is 0 Å². The molecule has 0 saturated carbocycles. The number of rotatable bonds is 8. The van der Waals surface area contributed by atoms with E-state index in [1.807, 2.05) is 0 Å². The van der Waals surface area contributed by atoms with Gasteiger partial charge in [-0.15, -0.1) is 0 Å². The minimum Gasteiger partial charge on any atom is -0.548 e. The molecule has 2 aromatic carbocycles. The maximum atomic E-state index is 12.9. The Bertz CT molecular complexity index is 1080. The van der Waals surface area contributed by atoms with Crippen molar-refractivity contribution in [2.45, 2.75) is 37.4 Å². The molecule has 220 valence electrons. The molecule has 2 heterocycles.